The van der Waals surface area contributed by atoms with Gasteiger partial charge in [0.1, 0.15) is 11.3 Å². The summed E-state index contributed by atoms with van der Waals surface area (Å²) in [5, 5.41) is 0.0203. The first-order valence-electron chi connectivity index (χ1n) is 3.97. The number of ether oxygens (including phenoxy) is 2. The molecule has 0 bridgehead atoms. The van der Waals surface area contributed by atoms with Crippen LogP contribution in [0.5, 0.6) is 5.75 Å². The number of alkyl halides is 3. The highest BCUT2D eigenvalue weighted by Crippen LogP contribution is 2.29. The smallest absolute Gasteiger partial charge is 0.465 e. The number of methoxy groups -OCH3 is 1. The van der Waals surface area contributed by atoms with Crippen molar-refractivity contribution in [3.63, 3.8) is 0 Å². The zero-order valence-corrected chi connectivity index (χ0v) is 8.72. The second-order valence-corrected chi connectivity index (χ2v) is 3.12. The molecule has 3 nitrogen and oxygen atoms in total. The second kappa shape index (κ2) is 4.61. The molecule has 0 saturated carbocycles. The van der Waals surface area contributed by atoms with Gasteiger partial charge in [-0.2, -0.15) is 0 Å². The molecule has 0 aliphatic rings. The minimum absolute atomic E-state index is 0.0203. The Hall–Kier alpha value is -1.43. The molecule has 0 aliphatic carbocycles. The zero-order valence-electron chi connectivity index (χ0n) is 7.97. The van der Waals surface area contributed by atoms with Gasteiger partial charge in [0.2, 0.25) is 0 Å². The Labute approximate surface area is 93.7 Å². The second-order valence-electron chi connectivity index (χ2n) is 2.68. The van der Waals surface area contributed by atoms with Gasteiger partial charge in [-0.05, 0) is 12.1 Å². The molecule has 0 radical (unpaired) electrons. The molecular formula is C9H6ClF3O3. The third-order valence-corrected chi connectivity index (χ3v) is 1.81. The minimum atomic E-state index is -4.90. The molecule has 1 rings (SSSR count). The molecule has 0 aromatic heterocycles. The molecule has 0 amide bonds. The fraction of sp³-hybridized carbons (Fsp3) is 0.222. The monoisotopic (exact) mass is 254 g/mol. The number of rotatable bonds is 2. The van der Waals surface area contributed by atoms with E-state index in [2.05, 4.69) is 9.47 Å². The van der Waals surface area contributed by atoms with Gasteiger partial charge in [0.15, 0.2) is 0 Å². The normalized spacial score (nSPS) is 11.1. The molecule has 1 aromatic rings. The fourth-order valence-corrected chi connectivity index (χ4v) is 1.15. The molecule has 7 heteroatoms. The molecule has 0 fully saturated rings. The summed E-state index contributed by atoms with van der Waals surface area (Å²) in [6, 6.07) is 3.24. The summed E-state index contributed by atoms with van der Waals surface area (Å²) < 4.78 is 44.0. The first-order chi connectivity index (χ1) is 7.33. The number of halogens is 4. The molecule has 1 aromatic carbocycles. The molecular weight excluding hydrogens is 249 g/mol. The van der Waals surface area contributed by atoms with Gasteiger partial charge < -0.3 is 9.47 Å². The topological polar surface area (TPSA) is 35.5 Å². The summed E-state index contributed by atoms with van der Waals surface area (Å²) in [7, 11) is 1.05. The Morgan fingerprint density at radius 3 is 2.50 bits per heavy atom. The molecule has 0 N–H and O–H groups in total. The number of carbonyl (C=O) groups excluding carboxylic acids is 1. The summed E-state index contributed by atoms with van der Waals surface area (Å²) in [6.45, 7) is 0. The molecule has 0 aliphatic heterocycles. The average molecular weight is 255 g/mol. The first kappa shape index (κ1) is 12.6. The van der Waals surface area contributed by atoms with Crippen LogP contribution < -0.4 is 4.74 Å². The molecule has 0 unspecified atom stereocenters. The van der Waals surface area contributed by atoms with Crippen LogP contribution in [0, 0.1) is 0 Å². The van der Waals surface area contributed by atoms with Gasteiger partial charge in [-0.15, -0.1) is 13.2 Å². The lowest BCUT2D eigenvalue weighted by Crippen LogP contribution is -2.19. The maximum Gasteiger partial charge on any atom is 0.573 e. The highest BCUT2D eigenvalue weighted by atomic mass is 35.5. The van der Waals surface area contributed by atoms with Crippen LogP contribution in [0.2, 0.25) is 5.02 Å². The average Bonchev–Trinajstić information content (AvgIpc) is 2.14. The van der Waals surface area contributed by atoms with E-state index >= 15 is 0 Å². The third-order valence-electron chi connectivity index (χ3n) is 1.57. The maximum absolute atomic E-state index is 12.0. The Balaban J connectivity index is 3.13. The fourth-order valence-electron chi connectivity index (χ4n) is 0.984. The third kappa shape index (κ3) is 3.30. The molecule has 0 spiro atoms. The van der Waals surface area contributed by atoms with E-state index in [-0.39, 0.29) is 10.6 Å². The van der Waals surface area contributed by atoms with E-state index in [1.54, 1.807) is 0 Å². The molecule has 0 saturated heterocycles. The standard InChI is InChI=1S/C9H6ClF3O3/c1-15-8(14)6-3-2-5(10)4-7(6)16-9(11,12)13/h2-4H,1H3. The lowest BCUT2D eigenvalue weighted by atomic mass is 10.2. The van der Waals surface area contributed by atoms with Crippen molar-refractivity contribution in [3.8, 4) is 5.75 Å². The van der Waals surface area contributed by atoms with Gasteiger partial charge in [0.05, 0.1) is 7.11 Å². The van der Waals surface area contributed by atoms with E-state index in [0.717, 1.165) is 19.2 Å². The molecule has 0 heterocycles. The van der Waals surface area contributed by atoms with Gasteiger partial charge in [-0.3, -0.25) is 0 Å². The van der Waals surface area contributed by atoms with Gasteiger partial charge in [-0.25, -0.2) is 4.79 Å². The van der Waals surface area contributed by atoms with E-state index in [1.807, 2.05) is 0 Å². The van der Waals surface area contributed by atoms with Crippen LogP contribution in [0.25, 0.3) is 0 Å². The van der Waals surface area contributed by atoms with Gasteiger partial charge >= 0.3 is 12.3 Å². The predicted molar refractivity (Wildman–Crippen MR) is 49.5 cm³/mol. The summed E-state index contributed by atoms with van der Waals surface area (Å²) in [4.78, 5) is 11.1. The number of hydrogen-bond donors (Lipinski definition) is 0. The van der Waals surface area contributed by atoms with Crippen molar-refractivity contribution in [1.29, 1.82) is 0 Å². The Morgan fingerprint density at radius 2 is 2.00 bits per heavy atom. The van der Waals surface area contributed by atoms with Crippen molar-refractivity contribution in [2.24, 2.45) is 0 Å². The quantitative estimate of drug-likeness (QED) is 0.761. The Kier molecular flexibility index (Phi) is 3.64. The summed E-state index contributed by atoms with van der Waals surface area (Å²) in [5.74, 6) is -1.62. The zero-order chi connectivity index (χ0) is 12.3. The number of esters is 1. The van der Waals surface area contributed by atoms with E-state index in [1.165, 1.54) is 6.07 Å². The van der Waals surface area contributed by atoms with Crippen molar-refractivity contribution in [2.75, 3.05) is 7.11 Å². The molecule has 0 atom stereocenters. The molecule has 16 heavy (non-hydrogen) atoms. The first-order valence-corrected chi connectivity index (χ1v) is 4.35. The Morgan fingerprint density at radius 1 is 1.38 bits per heavy atom. The van der Waals surface area contributed by atoms with Crippen LogP contribution in [0.15, 0.2) is 18.2 Å². The largest absolute Gasteiger partial charge is 0.573 e. The van der Waals surface area contributed by atoms with Crippen LogP contribution >= 0.6 is 11.6 Å². The molecule has 88 valence electrons. The van der Waals surface area contributed by atoms with Crippen molar-refractivity contribution in [3.05, 3.63) is 28.8 Å². The van der Waals surface area contributed by atoms with E-state index in [9.17, 15) is 18.0 Å². The Bertz CT molecular complexity index is 403. The van der Waals surface area contributed by atoms with Crippen molar-refractivity contribution in [2.45, 2.75) is 6.36 Å². The lowest BCUT2D eigenvalue weighted by Gasteiger charge is -2.12. The van der Waals surface area contributed by atoms with Crippen LogP contribution in [-0.4, -0.2) is 19.4 Å². The van der Waals surface area contributed by atoms with Gasteiger partial charge in [-0.1, -0.05) is 11.6 Å². The van der Waals surface area contributed by atoms with Crippen LogP contribution in [0.1, 0.15) is 10.4 Å². The van der Waals surface area contributed by atoms with E-state index < -0.39 is 18.1 Å². The number of hydrogen-bond acceptors (Lipinski definition) is 3. The number of carbonyl (C=O) groups is 1. The summed E-state index contributed by atoms with van der Waals surface area (Å²) >= 11 is 5.49. The highest BCUT2D eigenvalue weighted by Gasteiger charge is 2.33. The van der Waals surface area contributed by atoms with Crippen LogP contribution in [-0.2, 0) is 4.74 Å². The van der Waals surface area contributed by atoms with Gasteiger partial charge in [0.25, 0.3) is 0 Å². The number of benzene rings is 1. The lowest BCUT2D eigenvalue weighted by molar-refractivity contribution is -0.274. The van der Waals surface area contributed by atoms with E-state index in [4.69, 9.17) is 11.6 Å². The SMILES string of the molecule is COC(=O)c1ccc(Cl)cc1OC(F)(F)F. The minimum Gasteiger partial charge on any atom is -0.465 e. The van der Waals surface area contributed by atoms with Crippen LogP contribution in [0.3, 0.4) is 0 Å². The predicted octanol–water partition coefficient (Wildman–Crippen LogP) is 3.03. The summed E-state index contributed by atoms with van der Waals surface area (Å²) in [5.41, 5.74) is -0.343. The van der Waals surface area contributed by atoms with Crippen LogP contribution in [0.4, 0.5) is 13.2 Å². The maximum atomic E-state index is 12.0. The van der Waals surface area contributed by atoms with E-state index in [0.29, 0.717) is 0 Å². The van der Waals surface area contributed by atoms with Crippen molar-refractivity contribution < 1.29 is 27.4 Å². The summed E-state index contributed by atoms with van der Waals surface area (Å²) in [6.07, 6.45) is -4.90. The van der Waals surface area contributed by atoms with Crippen molar-refractivity contribution >= 4 is 17.6 Å². The van der Waals surface area contributed by atoms with Crippen molar-refractivity contribution in [1.82, 2.24) is 0 Å². The van der Waals surface area contributed by atoms with Gasteiger partial charge in [0, 0.05) is 11.1 Å². The highest BCUT2D eigenvalue weighted by molar-refractivity contribution is 6.30.